The van der Waals surface area contributed by atoms with Crippen LogP contribution in [0.3, 0.4) is 0 Å². The Morgan fingerprint density at radius 1 is 1.15 bits per heavy atom. The molecule has 2 aromatic heterocycles. The van der Waals surface area contributed by atoms with Crippen LogP contribution in [0.15, 0.2) is 44.9 Å². The molecule has 0 aliphatic carbocycles. The van der Waals surface area contributed by atoms with Gasteiger partial charge >= 0.3 is 0 Å². The number of rotatable bonds is 6. The highest BCUT2D eigenvalue weighted by molar-refractivity contribution is 8.00. The van der Waals surface area contributed by atoms with Crippen molar-refractivity contribution >= 4 is 57.8 Å². The fourth-order valence-corrected chi connectivity index (χ4v) is 4.32. The van der Waals surface area contributed by atoms with Crippen LogP contribution in [0.25, 0.3) is 11.3 Å². The molecule has 9 heteroatoms. The van der Waals surface area contributed by atoms with Gasteiger partial charge in [0.15, 0.2) is 11.5 Å². The third-order valence-electron chi connectivity index (χ3n) is 3.42. The normalized spacial score (nSPS) is 11.1. The number of amidine groups is 1. The van der Waals surface area contributed by atoms with Crippen LogP contribution >= 0.6 is 46.8 Å². The second kappa shape index (κ2) is 9.27. The zero-order chi connectivity index (χ0) is 17.8. The van der Waals surface area contributed by atoms with E-state index in [1.165, 1.54) is 15.5 Å². The second-order valence-electron chi connectivity index (χ2n) is 4.90. The highest BCUT2D eigenvalue weighted by Crippen LogP contribution is 2.34. The van der Waals surface area contributed by atoms with Crippen LogP contribution in [0.1, 0.15) is 4.88 Å². The summed E-state index contributed by atoms with van der Waals surface area (Å²) in [7, 11) is 3.23. The topological polar surface area (TPSA) is 69.7 Å². The fourth-order valence-electron chi connectivity index (χ4n) is 2.17. The highest BCUT2D eigenvalue weighted by atomic mass is 35.5. The van der Waals surface area contributed by atoms with Crippen molar-refractivity contribution in [2.45, 2.75) is 4.21 Å². The molecule has 2 N–H and O–H groups in total. The lowest BCUT2D eigenvalue weighted by atomic mass is 10.1. The van der Waals surface area contributed by atoms with Gasteiger partial charge in [0, 0.05) is 10.9 Å². The molecule has 0 saturated carbocycles. The van der Waals surface area contributed by atoms with E-state index in [2.05, 4.69) is 9.98 Å². The van der Waals surface area contributed by atoms with E-state index in [0.29, 0.717) is 22.5 Å². The van der Waals surface area contributed by atoms with Crippen molar-refractivity contribution in [3.63, 3.8) is 0 Å². The van der Waals surface area contributed by atoms with Gasteiger partial charge in [0.1, 0.15) is 5.84 Å². The van der Waals surface area contributed by atoms with E-state index in [1.54, 1.807) is 37.3 Å². The number of aromatic nitrogens is 1. The molecule has 0 unspecified atom stereocenters. The maximum Gasteiger partial charge on any atom is 0.211 e. The van der Waals surface area contributed by atoms with Gasteiger partial charge in [0.25, 0.3) is 0 Å². The number of methoxy groups -OCH3 is 2. The van der Waals surface area contributed by atoms with E-state index >= 15 is 0 Å². The van der Waals surface area contributed by atoms with E-state index in [-0.39, 0.29) is 12.4 Å². The van der Waals surface area contributed by atoms with Crippen molar-refractivity contribution in [1.82, 2.24) is 4.98 Å². The lowest BCUT2D eigenvalue weighted by molar-refractivity contribution is 0.355. The molecule has 3 rings (SSSR count). The average molecular weight is 428 g/mol. The van der Waals surface area contributed by atoms with Gasteiger partial charge < -0.3 is 15.2 Å². The number of hydrogen-bond donors (Lipinski definition) is 1. The molecule has 0 bridgehead atoms. The van der Waals surface area contributed by atoms with Crippen molar-refractivity contribution in [3.05, 3.63) is 40.6 Å². The number of nitrogens with two attached hydrogens (primary N) is 1. The Labute approximate surface area is 170 Å². The van der Waals surface area contributed by atoms with Crippen LogP contribution in [-0.4, -0.2) is 31.3 Å². The zero-order valence-corrected chi connectivity index (χ0v) is 17.7. The van der Waals surface area contributed by atoms with Crippen LogP contribution in [0.2, 0.25) is 0 Å². The Morgan fingerprint density at radius 3 is 2.58 bits per heavy atom. The molecule has 26 heavy (non-hydrogen) atoms. The van der Waals surface area contributed by atoms with Crippen LogP contribution < -0.4 is 15.2 Å². The molecule has 0 aliphatic rings. The summed E-state index contributed by atoms with van der Waals surface area (Å²) in [5.41, 5.74) is 7.87. The Kier molecular flexibility index (Phi) is 7.33. The van der Waals surface area contributed by atoms with Crippen molar-refractivity contribution < 1.29 is 9.47 Å². The molecule has 0 radical (unpaired) electrons. The van der Waals surface area contributed by atoms with E-state index in [4.69, 9.17) is 15.2 Å². The van der Waals surface area contributed by atoms with Gasteiger partial charge in [-0.15, -0.1) is 46.8 Å². The minimum absolute atomic E-state index is 0. The predicted octanol–water partition coefficient (Wildman–Crippen LogP) is 5.07. The third kappa shape index (κ3) is 4.50. The summed E-state index contributed by atoms with van der Waals surface area (Å²) in [5.74, 6) is 1.84. The Morgan fingerprint density at radius 2 is 1.92 bits per heavy atom. The maximum absolute atomic E-state index is 6.11. The summed E-state index contributed by atoms with van der Waals surface area (Å²) in [6.07, 6.45) is 2.04. The number of aliphatic imine (C=N–C) groups is 1. The van der Waals surface area contributed by atoms with Gasteiger partial charge in [-0.3, -0.25) is 0 Å². The highest BCUT2D eigenvalue weighted by Gasteiger charge is 2.10. The molecular weight excluding hydrogens is 410 g/mol. The van der Waals surface area contributed by atoms with Gasteiger partial charge in [-0.1, -0.05) is 0 Å². The monoisotopic (exact) mass is 427 g/mol. The Bertz CT molecular complexity index is 908. The maximum atomic E-state index is 6.11. The SMILES string of the molecule is COc1ccc(-c2csc(N=C(N)c3ccc(SC)s3)n2)cc1OC.Cl. The predicted molar refractivity (Wildman–Crippen MR) is 114 cm³/mol. The quantitative estimate of drug-likeness (QED) is 0.338. The standard InChI is InChI=1S/C17H17N3O2S3.ClH/c1-21-12-5-4-10(8-13(12)22-2)11-9-24-17(19-11)20-16(18)14-6-7-15(23-3)25-14;/h4-9H,1-3H3,(H2,18,19,20);1H. The number of thiophene rings is 1. The molecule has 0 amide bonds. The first-order valence-corrected chi connectivity index (χ1v) is 10.2. The summed E-state index contributed by atoms with van der Waals surface area (Å²) < 4.78 is 11.8. The molecule has 0 saturated heterocycles. The first-order chi connectivity index (χ1) is 12.1. The average Bonchev–Trinajstić information content (AvgIpc) is 3.30. The van der Waals surface area contributed by atoms with E-state index in [1.807, 2.05) is 42.0 Å². The molecule has 5 nitrogen and oxygen atoms in total. The van der Waals surface area contributed by atoms with E-state index < -0.39 is 0 Å². The van der Waals surface area contributed by atoms with Gasteiger partial charge in [0.05, 0.1) is 29.0 Å². The second-order valence-corrected chi connectivity index (χ2v) is 7.93. The lowest BCUT2D eigenvalue weighted by Crippen LogP contribution is -2.10. The molecule has 0 fully saturated rings. The summed E-state index contributed by atoms with van der Waals surface area (Å²) in [6, 6.07) is 9.73. The minimum atomic E-state index is 0. The molecule has 3 aromatic rings. The first kappa shape index (κ1) is 20.6. The smallest absolute Gasteiger partial charge is 0.211 e. The number of ether oxygens (including phenoxy) is 2. The molecule has 0 atom stereocenters. The van der Waals surface area contributed by atoms with Crippen LogP contribution in [0.5, 0.6) is 11.5 Å². The van der Waals surface area contributed by atoms with E-state index in [0.717, 1.165) is 16.1 Å². The minimum Gasteiger partial charge on any atom is -0.493 e. The Hall–Kier alpha value is -1.74. The molecule has 2 heterocycles. The van der Waals surface area contributed by atoms with Crippen LogP contribution in [0.4, 0.5) is 5.13 Å². The third-order valence-corrected chi connectivity index (χ3v) is 6.35. The summed E-state index contributed by atoms with van der Waals surface area (Å²) in [6.45, 7) is 0. The summed E-state index contributed by atoms with van der Waals surface area (Å²) in [4.78, 5) is 9.96. The van der Waals surface area contributed by atoms with Gasteiger partial charge in [-0.25, -0.2) is 9.98 Å². The van der Waals surface area contributed by atoms with Crippen molar-refractivity contribution in [2.75, 3.05) is 20.5 Å². The molecule has 138 valence electrons. The molecular formula is C17H18ClN3O2S3. The van der Waals surface area contributed by atoms with Gasteiger partial charge in [-0.05, 0) is 36.6 Å². The number of hydrogen-bond acceptors (Lipinski definition) is 7. The number of nitrogens with zero attached hydrogens (tertiary/aromatic N) is 2. The Balaban J connectivity index is 0.00000243. The summed E-state index contributed by atoms with van der Waals surface area (Å²) >= 11 is 4.77. The van der Waals surface area contributed by atoms with Crippen molar-refractivity contribution in [3.8, 4) is 22.8 Å². The van der Waals surface area contributed by atoms with Crippen LogP contribution in [-0.2, 0) is 0 Å². The van der Waals surface area contributed by atoms with E-state index in [9.17, 15) is 0 Å². The van der Waals surface area contributed by atoms with Gasteiger partial charge in [-0.2, -0.15) is 0 Å². The first-order valence-electron chi connectivity index (χ1n) is 7.31. The largest absolute Gasteiger partial charge is 0.493 e. The number of halogens is 1. The fraction of sp³-hybridized carbons (Fsp3) is 0.176. The molecule has 0 aliphatic heterocycles. The number of thioether (sulfide) groups is 1. The summed E-state index contributed by atoms with van der Waals surface area (Å²) in [5, 5.41) is 2.58. The lowest BCUT2D eigenvalue weighted by Gasteiger charge is -2.08. The molecule has 1 aromatic carbocycles. The zero-order valence-electron chi connectivity index (χ0n) is 14.4. The van der Waals surface area contributed by atoms with Gasteiger partial charge in [0.2, 0.25) is 5.13 Å². The van der Waals surface area contributed by atoms with Crippen LogP contribution in [0, 0.1) is 0 Å². The molecule has 0 spiro atoms. The number of benzene rings is 1. The van der Waals surface area contributed by atoms with Crippen molar-refractivity contribution in [1.29, 1.82) is 0 Å². The number of thiazole rings is 1. The van der Waals surface area contributed by atoms with Crippen molar-refractivity contribution in [2.24, 2.45) is 10.7 Å².